The Morgan fingerprint density at radius 1 is 1.15 bits per heavy atom. The third-order valence-corrected chi connectivity index (χ3v) is 6.68. The van der Waals surface area contributed by atoms with Crippen molar-refractivity contribution in [3.8, 4) is 0 Å². The molecule has 2 fully saturated rings. The Bertz CT molecular complexity index is 733. The Labute approximate surface area is 117 Å². The van der Waals surface area contributed by atoms with Crippen molar-refractivity contribution in [3.63, 3.8) is 0 Å². The van der Waals surface area contributed by atoms with Gasteiger partial charge in [-0.15, -0.1) is 10.2 Å². The fourth-order valence-electron chi connectivity index (χ4n) is 2.62. The number of sulfone groups is 1. The molecule has 1 aliphatic carbocycles. The molecule has 20 heavy (non-hydrogen) atoms. The maximum absolute atomic E-state index is 12.2. The van der Waals surface area contributed by atoms with Crippen molar-refractivity contribution in [1.82, 2.24) is 14.8 Å². The monoisotopic (exact) mass is 320 g/mol. The van der Waals surface area contributed by atoms with Gasteiger partial charge in [-0.3, -0.25) is 4.57 Å². The van der Waals surface area contributed by atoms with Crippen LogP contribution in [0.15, 0.2) is 5.16 Å². The minimum atomic E-state index is -4.00. The lowest BCUT2D eigenvalue weighted by atomic mass is 10.2. The first-order chi connectivity index (χ1) is 9.31. The third-order valence-electron chi connectivity index (χ3n) is 3.72. The van der Waals surface area contributed by atoms with E-state index in [-0.39, 0.29) is 22.8 Å². The smallest absolute Gasteiger partial charge is 0.273 e. The Morgan fingerprint density at radius 2 is 1.85 bits per heavy atom. The highest BCUT2D eigenvalue weighted by Crippen LogP contribution is 2.41. The first-order valence-electron chi connectivity index (χ1n) is 6.50. The van der Waals surface area contributed by atoms with Crippen LogP contribution in [0.2, 0.25) is 0 Å². The number of hydrogen-bond acceptors (Lipinski definition) is 6. The largest absolute Gasteiger partial charge is 0.297 e. The van der Waals surface area contributed by atoms with Crippen molar-refractivity contribution in [1.29, 1.82) is 0 Å². The molecular weight excluding hydrogens is 304 g/mol. The zero-order valence-electron chi connectivity index (χ0n) is 10.8. The molecule has 3 rings (SSSR count). The number of aromatic nitrogens is 3. The molecule has 2 aliphatic rings. The SMILES string of the molecule is NS(=O)(=O)c1nnc(C2CCCCS2(=O)=O)n1C1CC1. The molecule has 1 atom stereocenters. The summed E-state index contributed by atoms with van der Waals surface area (Å²) in [6, 6.07) is -0.0505. The molecule has 10 heteroatoms. The fraction of sp³-hybridized carbons (Fsp3) is 0.800. The number of primary sulfonamides is 1. The summed E-state index contributed by atoms with van der Waals surface area (Å²) < 4.78 is 48.9. The van der Waals surface area contributed by atoms with E-state index in [4.69, 9.17) is 5.14 Å². The van der Waals surface area contributed by atoms with Crippen LogP contribution in [0.25, 0.3) is 0 Å². The molecular formula is C10H16N4O4S2. The molecule has 112 valence electrons. The summed E-state index contributed by atoms with van der Waals surface area (Å²) in [6.07, 6.45) is 3.46. The van der Waals surface area contributed by atoms with E-state index in [1.807, 2.05) is 0 Å². The van der Waals surface area contributed by atoms with Crippen molar-refractivity contribution in [3.05, 3.63) is 5.82 Å². The van der Waals surface area contributed by atoms with Crippen LogP contribution < -0.4 is 5.14 Å². The molecule has 1 saturated heterocycles. The van der Waals surface area contributed by atoms with Crippen LogP contribution in [0.3, 0.4) is 0 Å². The van der Waals surface area contributed by atoms with Gasteiger partial charge in [0.25, 0.3) is 15.2 Å². The minimum Gasteiger partial charge on any atom is -0.297 e. The molecule has 0 spiro atoms. The van der Waals surface area contributed by atoms with E-state index in [0.717, 1.165) is 19.3 Å². The average molecular weight is 320 g/mol. The molecule has 1 aromatic heterocycles. The van der Waals surface area contributed by atoms with Gasteiger partial charge in [0.05, 0.1) is 5.75 Å². The molecule has 0 bridgehead atoms. The quantitative estimate of drug-likeness (QED) is 0.829. The van der Waals surface area contributed by atoms with Crippen LogP contribution in [0.1, 0.15) is 49.2 Å². The van der Waals surface area contributed by atoms with Gasteiger partial charge in [-0.1, -0.05) is 6.42 Å². The van der Waals surface area contributed by atoms with Crippen molar-refractivity contribution in [2.24, 2.45) is 5.14 Å². The molecule has 1 aromatic rings. The van der Waals surface area contributed by atoms with E-state index in [1.54, 1.807) is 0 Å². The summed E-state index contributed by atoms with van der Waals surface area (Å²) in [6.45, 7) is 0. The Hall–Kier alpha value is -1.00. The molecule has 8 nitrogen and oxygen atoms in total. The topological polar surface area (TPSA) is 125 Å². The predicted molar refractivity (Wildman–Crippen MR) is 70.0 cm³/mol. The molecule has 0 amide bonds. The maximum atomic E-state index is 12.2. The molecule has 1 unspecified atom stereocenters. The third kappa shape index (κ3) is 2.35. The van der Waals surface area contributed by atoms with Crippen LogP contribution in [-0.4, -0.2) is 37.4 Å². The van der Waals surface area contributed by atoms with Crippen molar-refractivity contribution in [2.45, 2.75) is 48.6 Å². The second-order valence-corrected chi connectivity index (χ2v) is 9.10. The van der Waals surface area contributed by atoms with Crippen LogP contribution in [0.4, 0.5) is 0 Å². The fourth-order valence-corrected chi connectivity index (χ4v) is 5.19. The second-order valence-electron chi connectivity index (χ2n) is 5.34. The summed E-state index contributed by atoms with van der Waals surface area (Å²) in [5, 5.41) is 11.5. The first-order valence-corrected chi connectivity index (χ1v) is 9.76. The summed E-state index contributed by atoms with van der Waals surface area (Å²) in [7, 11) is -7.30. The van der Waals surface area contributed by atoms with Gasteiger partial charge in [0, 0.05) is 6.04 Å². The molecule has 2 N–H and O–H groups in total. The van der Waals surface area contributed by atoms with Crippen molar-refractivity contribution in [2.75, 3.05) is 5.75 Å². The van der Waals surface area contributed by atoms with E-state index in [9.17, 15) is 16.8 Å². The Balaban J connectivity index is 2.13. The lowest BCUT2D eigenvalue weighted by Gasteiger charge is -2.22. The van der Waals surface area contributed by atoms with Crippen LogP contribution >= 0.6 is 0 Å². The molecule has 1 aliphatic heterocycles. The van der Waals surface area contributed by atoms with Gasteiger partial charge in [-0.25, -0.2) is 22.0 Å². The zero-order chi connectivity index (χ0) is 14.5. The highest BCUT2D eigenvalue weighted by atomic mass is 32.2. The molecule has 2 heterocycles. The summed E-state index contributed by atoms with van der Waals surface area (Å²) in [5.74, 6) is 0.344. The van der Waals surface area contributed by atoms with Gasteiger partial charge in [0.15, 0.2) is 15.7 Å². The number of hydrogen-bond donors (Lipinski definition) is 1. The number of nitrogens with two attached hydrogens (primary N) is 1. The Morgan fingerprint density at radius 3 is 2.40 bits per heavy atom. The minimum absolute atomic E-state index is 0.0505. The van der Waals surface area contributed by atoms with Gasteiger partial charge < -0.3 is 0 Å². The standard InChI is InChI=1S/C10H16N4O4S2/c11-20(17,18)10-13-12-9(14(10)7-4-5-7)8-3-1-2-6-19(8,15)16/h7-8H,1-6H2,(H2,11,17,18). The number of rotatable bonds is 3. The van der Waals surface area contributed by atoms with E-state index < -0.39 is 25.1 Å². The second kappa shape index (κ2) is 4.50. The van der Waals surface area contributed by atoms with Crippen LogP contribution in [0, 0.1) is 0 Å². The van der Waals surface area contributed by atoms with E-state index >= 15 is 0 Å². The number of nitrogens with zero attached hydrogens (tertiary/aromatic N) is 3. The van der Waals surface area contributed by atoms with Gasteiger partial charge in [0.2, 0.25) is 0 Å². The van der Waals surface area contributed by atoms with Crippen molar-refractivity contribution >= 4 is 19.9 Å². The summed E-state index contributed by atoms with van der Waals surface area (Å²) in [4.78, 5) is 0. The Kier molecular flexibility index (Phi) is 3.14. The van der Waals surface area contributed by atoms with E-state index in [1.165, 1.54) is 4.57 Å². The van der Waals surface area contributed by atoms with Crippen LogP contribution in [-0.2, 0) is 19.9 Å². The van der Waals surface area contributed by atoms with Crippen molar-refractivity contribution < 1.29 is 16.8 Å². The zero-order valence-corrected chi connectivity index (χ0v) is 12.4. The van der Waals surface area contributed by atoms with Crippen LogP contribution in [0.5, 0.6) is 0 Å². The van der Waals surface area contributed by atoms with E-state index in [0.29, 0.717) is 12.8 Å². The van der Waals surface area contributed by atoms with Gasteiger partial charge in [0.1, 0.15) is 5.25 Å². The predicted octanol–water partition coefficient (Wildman–Crippen LogP) is -0.0998. The van der Waals surface area contributed by atoms with Gasteiger partial charge >= 0.3 is 0 Å². The van der Waals surface area contributed by atoms with E-state index in [2.05, 4.69) is 10.2 Å². The normalized spacial score (nSPS) is 26.6. The average Bonchev–Trinajstić information content (AvgIpc) is 3.07. The first kappa shape index (κ1) is 14.0. The van der Waals surface area contributed by atoms with Gasteiger partial charge in [-0.2, -0.15) is 0 Å². The highest BCUT2D eigenvalue weighted by molar-refractivity contribution is 7.91. The molecule has 0 radical (unpaired) electrons. The molecule has 1 saturated carbocycles. The summed E-state index contributed by atoms with van der Waals surface area (Å²) in [5.41, 5.74) is 0. The number of sulfonamides is 1. The van der Waals surface area contributed by atoms with Gasteiger partial charge in [-0.05, 0) is 25.7 Å². The maximum Gasteiger partial charge on any atom is 0.273 e. The highest BCUT2D eigenvalue weighted by Gasteiger charge is 2.40. The summed E-state index contributed by atoms with van der Waals surface area (Å²) >= 11 is 0. The lowest BCUT2D eigenvalue weighted by Crippen LogP contribution is -2.26. The lowest BCUT2D eigenvalue weighted by molar-refractivity contribution is 0.514. The molecule has 0 aromatic carbocycles.